The Morgan fingerprint density at radius 3 is 2.44 bits per heavy atom. The molecule has 0 unspecified atom stereocenters. The zero-order valence-electron chi connectivity index (χ0n) is 8.92. The van der Waals surface area contributed by atoms with Crippen LogP contribution in [0.15, 0.2) is 30.6 Å². The lowest BCUT2D eigenvalue weighted by molar-refractivity contribution is 0.447. The summed E-state index contributed by atoms with van der Waals surface area (Å²) in [5.74, 6) is -3.72. The molecule has 3 aromatic rings. The standard InChI is InChI=1S/C12H6F3N3/c13-7-3-6(4-8(14)11(7)15)12-17-9-1-2-16-5-10(9)18-12/h1-5H,(H,17,18). The van der Waals surface area contributed by atoms with Gasteiger partial charge in [0.15, 0.2) is 17.5 Å². The van der Waals surface area contributed by atoms with Crippen molar-refractivity contribution >= 4 is 11.0 Å². The van der Waals surface area contributed by atoms with Gasteiger partial charge in [0.05, 0.1) is 17.2 Å². The molecule has 0 spiro atoms. The van der Waals surface area contributed by atoms with Crippen molar-refractivity contribution < 1.29 is 13.2 Å². The first-order valence-electron chi connectivity index (χ1n) is 5.10. The van der Waals surface area contributed by atoms with Gasteiger partial charge in [0, 0.05) is 11.8 Å². The predicted molar refractivity (Wildman–Crippen MR) is 59.2 cm³/mol. The van der Waals surface area contributed by atoms with Gasteiger partial charge in [0.2, 0.25) is 0 Å². The fourth-order valence-corrected chi connectivity index (χ4v) is 1.69. The van der Waals surface area contributed by atoms with Gasteiger partial charge in [-0.05, 0) is 18.2 Å². The first-order chi connectivity index (χ1) is 8.65. The number of rotatable bonds is 1. The van der Waals surface area contributed by atoms with Crippen LogP contribution in [0, 0.1) is 17.5 Å². The average molecular weight is 249 g/mol. The second-order valence-electron chi connectivity index (χ2n) is 3.73. The Bertz CT molecular complexity index is 680. The van der Waals surface area contributed by atoms with Crippen molar-refractivity contribution in [3.63, 3.8) is 0 Å². The van der Waals surface area contributed by atoms with E-state index >= 15 is 0 Å². The van der Waals surface area contributed by atoms with E-state index in [2.05, 4.69) is 15.0 Å². The lowest BCUT2D eigenvalue weighted by Crippen LogP contribution is -1.92. The van der Waals surface area contributed by atoms with Crippen LogP contribution in [0.4, 0.5) is 13.2 Å². The third kappa shape index (κ3) is 1.62. The van der Waals surface area contributed by atoms with E-state index in [9.17, 15) is 13.2 Å². The number of hydrogen-bond acceptors (Lipinski definition) is 2. The van der Waals surface area contributed by atoms with Crippen molar-refractivity contribution in [1.82, 2.24) is 15.0 Å². The van der Waals surface area contributed by atoms with Crippen molar-refractivity contribution in [3.8, 4) is 11.4 Å². The van der Waals surface area contributed by atoms with Crippen LogP contribution in [0.3, 0.4) is 0 Å². The molecule has 0 saturated heterocycles. The Hall–Kier alpha value is -2.37. The maximum atomic E-state index is 13.1. The highest BCUT2D eigenvalue weighted by atomic mass is 19.2. The van der Waals surface area contributed by atoms with Gasteiger partial charge in [0.25, 0.3) is 0 Å². The number of pyridine rings is 1. The number of nitrogens with zero attached hydrogens (tertiary/aromatic N) is 2. The highest BCUT2D eigenvalue weighted by Crippen LogP contribution is 2.23. The minimum atomic E-state index is -1.49. The highest BCUT2D eigenvalue weighted by Gasteiger charge is 2.13. The highest BCUT2D eigenvalue weighted by molar-refractivity contribution is 5.78. The van der Waals surface area contributed by atoms with Gasteiger partial charge >= 0.3 is 0 Å². The number of H-pyrrole nitrogens is 1. The summed E-state index contributed by atoms with van der Waals surface area (Å²) in [7, 11) is 0. The molecule has 6 heteroatoms. The lowest BCUT2D eigenvalue weighted by Gasteiger charge is -1.99. The fourth-order valence-electron chi connectivity index (χ4n) is 1.69. The molecule has 0 aliphatic rings. The molecule has 3 rings (SSSR count). The number of fused-ring (bicyclic) bond motifs is 1. The van der Waals surface area contributed by atoms with E-state index in [1.807, 2.05) is 0 Å². The molecule has 2 aromatic heterocycles. The van der Waals surface area contributed by atoms with Crippen molar-refractivity contribution in [2.24, 2.45) is 0 Å². The average Bonchev–Trinajstić information content (AvgIpc) is 2.79. The summed E-state index contributed by atoms with van der Waals surface area (Å²) in [6, 6.07) is 3.44. The molecule has 1 aromatic carbocycles. The van der Waals surface area contributed by atoms with Crippen molar-refractivity contribution in [2.75, 3.05) is 0 Å². The van der Waals surface area contributed by atoms with E-state index in [4.69, 9.17) is 0 Å². The topological polar surface area (TPSA) is 41.6 Å². The zero-order chi connectivity index (χ0) is 12.7. The molecule has 0 bridgehead atoms. The van der Waals surface area contributed by atoms with Gasteiger partial charge in [0.1, 0.15) is 5.82 Å². The Morgan fingerprint density at radius 2 is 1.78 bits per heavy atom. The molecule has 0 saturated carbocycles. The van der Waals surface area contributed by atoms with Crippen molar-refractivity contribution in [2.45, 2.75) is 0 Å². The van der Waals surface area contributed by atoms with E-state index in [1.165, 1.54) is 0 Å². The molecule has 0 radical (unpaired) electrons. The van der Waals surface area contributed by atoms with E-state index in [0.29, 0.717) is 11.0 Å². The molecule has 18 heavy (non-hydrogen) atoms. The van der Waals surface area contributed by atoms with Gasteiger partial charge in [-0.1, -0.05) is 0 Å². The molecule has 0 aliphatic carbocycles. The number of imidazole rings is 1. The van der Waals surface area contributed by atoms with Gasteiger partial charge < -0.3 is 4.98 Å². The number of benzene rings is 1. The Balaban J connectivity index is 2.20. The van der Waals surface area contributed by atoms with Crippen molar-refractivity contribution in [1.29, 1.82) is 0 Å². The summed E-state index contributed by atoms with van der Waals surface area (Å²) in [6.45, 7) is 0. The molecular formula is C12H6F3N3. The van der Waals surface area contributed by atoms with Crippen LogP contribution in [0.25, 0.3) is 22.4 Å². The summed E-state index contributed by atoms with van der Waals surface area (Å²) >= 11 is 0. The number of halogens is 3. The SMILES string of the molecule is Fc1cc(-c2nc3ccncc3[nH]2)cc(F)c1F. The van der Waals surface area contributed by atoms with Crippen molar-refractivity contribution in [3.05, 3.63) is 48.0 Å². The molecule has 90 valence electrons. The largest absolute Gasteiger partial charge is 0.337 e. The van der Waals surface area contributed by atoms with Crippen LogP contribution in [-0.4, -0.2) is 15.0 Å². The minimum Gasteiger partial charge on any atom is -0.337 e. The lowest BCUT2D eigenvalue weighted by atomic mass is 10.2. The summed E-state index contributed by atoms with van der Waals surface area (Å²) in [4.78, 5) is 10.9. The van der Waals surface area contributed by atoms with Crippen LogP contribution in [-0.2, 0) is 0 Å². The predicted octanol–water partition coefficient (Wildman–Crippen LogP) is 3.04. The number of aromatic nitrogens is 3. The number of hydrogen-bond donors (Lipinski definition) is 1. The van der Waals surface area contributed by atoms with Gasteiger partial charge in [-0.3, -0.25) is 4.98 Å². The molecule has 2 heterocycles. The zero-order valence-corrected chi connectivity index (χ0v) is 8.92. The molecule has 0 aliphatic heterocycles. The summed E-state index contributed by atoms with van der Waals surface area (Å²) < 4.78 is 39.1. The van der Waals surface area contributed by atoms with Gasteiger partial charge in [-0.15, -0.1) is 0 Å². The van der Waals surface area contributed by atoms with Gasteiger partial charge in [-0.25, -0.2) is 18.2 Å². The molecule has 1 N–H and O–H groups in total. The quantitative estimate of drug-likeness (QED) is 0.673. The monoisotopic (exact) mass is 249 g/mol. The second kappa shape index (κ2) is 3.83. The molecule has 0 fully saturated rings. The van der Waals surface area contributed by atoms with Crippen LogP contribution in [0.2, 0.25) is 0 Å². The minimum absolute atomic E-state index is 0.141. The van der Waals surface area contributed by atoms with Crippen LogP contribution < -0.4 is 0 Å². The second-order valence-corrected chi connectivity index (χ2v) is 3.73. The Morgan fingerprint density at radius 1 is 1.06 bits per heavy atom. The van der Waals surface area contributed by atoms with E-state index < -0.39 is 17.5 Å². The Labute approximate surface area is 99.3 Å². The molecule has 3 nitrogen and oxygen atoms in total. The van der Waals surface area contributed by atoms with E-state index in [-0.39, 0.29) is 11.4 Å². The normalized spacial score (nSPS) is 11.1. The first kappa shape index (κ1) is 10.8. The van der Waals surface area contributed by atoms with Crippen LogP contribution in [0.1, 0.15) is 0 Å². The molecular weight excluding hydrogens is 243 g/mol. The Kier molecular flexibility index (Phi) is 2.29. The molecule has 0 amide bonds. The van der Waals surface area contributed by atoms with Crippen LogP contribution >= 0.6 is 0 Å². The smallest absolute Gasteiger partial charge is 0.194 e. The third-order valence-electron chi connectivity index (χ3n) is 2.54. The summed E-state index contributed by atoms with van der Waals surface area (Å²) in [6.07, 6.45) is 3.10. The van der Waals surface area contributed by atoms with Gasteiger partial charge in [-0.2, -0.15) is 0 Å². The van der Waals surface area contributed by atoms with E-state index in [1.54, 1.807) is 18.5 Å². The van der Waals surface area contributed by atoms with E-state index in [0.717, 1.165) is 12.1 Å². The maximum absolute atomic E-state index is 13.1. The van der Waals surface area contributed by atoms with Crippen LogP contribution in [0.5, 0.6) is 0 Å². The number of nitrogens with one attached hydrogen (secondary N) is 1. The third-order valence-corrected chi connectivity index (χ3v) is 2.54. The molecule has 0 atom stereocenters. The maximum Gasteiger partial charge on any atom is 0.194 e. The first-order valence-corrected chi connectivity index (χ1v) is 5.10. The fraction of sp³-hybridized carbons (Fsp3) is 0. The summed E-state index contributed by atoms with van der Waals surface area (Å²) in [5, 5.41) is 0. The summed E-state index contributed by atoms with van der Waals surface area (Å²) in [5.41, 5.74) is 1.39. The number of aromatic amines is 1.